The molecular weight excluding hydrogens is 220 g/mol. The summed E-state index contributed by atoms with van der Waals surface area (Å²) >= 11 is 0. The predicted molar refractivity (Wildman–Crippen MR) is 65.8 cm³/mol. The van der Waals surface area contributed by atoms with Crippen molar-refractivity contribution in [2.75, 3.05) is 27.3 Å². The van der Waals surface area contributed by atoms with Gasteiger partial charge in [-0.25, -0.2) is 4.79 Å². The quantitative estimate of drug-likeness (QED) is 0.761. The van der Waals surface area contributed by atoms with Crippen LogP contribution in [0.3, 0.4) is 0 Å². The van der Waals surface area contributed by atoms with Crippen LogP contribution in [-0.2, 0) is 9.47 Å². The Bertz CT molecular complexity index is 244. The molecule has 1 aliphatic rings. The first kappa shape index (κ1) is 14.3. The van der Waals surface area contributed by atoms with E-state index < -0.39 is 6.29 Å². The number of nitrogens with zero attached hydrogens (tertiary/aromatic N) is 1. The highest BCUT2D eigenvalue weighted by molar-refractivity contribution is 5.74. The number of methoxy groups -OCH3 is 2. The maximum atomic E-state index is 12.0. The molecule has 1 N–H and O–H groups in total. The standard InChI is InChI=1S/C12H24N2O3/c1-9-6-5-7-14(8-9)12(15)13-10(2)11(16-3)17-4/h9-11H,5-8H2,1-4H3,(H,13,15). The molecule has 17 heavy (non-hydrogen) atoms. The van der Waals surface area contributed by atoms with Gasteiger partial charge in [0.15, 0.2) is 6.29 Å². The second-order valence-corrected chi connectivity index (χ2v) is 4.77. The van der Waals surface area contributed by atoms with Crippen molar-refractivity contribution in [3.05, 3.63) is 0 Å². The predicted octanol–water partition coefficient (Wildman–Crippen LogP) is 1.44. The molecule has 0 saturated carbocycles. The van der Waals surface area contributed by atoms with Crippen molar-refractivity contribution in [2.24, 2.45) is 5.92 Å². The molecule has 2 amide bonds. The molecule has 0 bridgehead atoms. The molecule has 1 fully saturated rings. The largest absolute Gasteiger partial charge is 0.354 e. The lowest BCUT2D eigenvalue weighted by Crippen LogP contribution is -2.51. The second kappa shape index (κ2) is 6.81. The smallest absolute Gasteiger partial charge is 0.317 e. The fraction of sp³-hybridized carbons (Fsp3) is 0.917. The number of amides is 2. The van der Waals surface area contributed by atoms with E-state index in [1.165, 1.54) is 6.42 Å². The first-order chi connectivity index (χ1) is 8.08. The van der Waals surface area contributed by atoms with Crippen LogP contribution in [0.2, 0.25) is 0 Å². The van der Waals surface area contributed by atoms with Gasteiger partial charge in [-0.1, -0.05) is 6.92 Å². The minimum absolute atomic E-state index is 0.0249. The highest BCUT2D eigenvalue weighted by Gasteiger charge is 2.24. The molecule has 0 aromatic heterocycles. The first-order valence-electron chi connectivity index (χ1n) is 6.19. The van der Waals surface area contributed by atoms with Crippen LogP contribution in [-0.4, -0.2) is 50.6 Å². The molecule has 0 radical (unpaired) electrons. The van der Waals surface area contributed by atoms with Gasteiger partial charge in [-0.05, 0) is 25.7 Å². The minimum Gasteiger partial charge on any atom is -0.354 e. The molecule has 2 unspecified atom stereocenters. The van der Waals surface area contributed by atoms with Crippen molar-refractivity contribution in [3.8, 4) is 0 Å². The average Bonchev–Trinajstić information content (AvgIpc) is 2.30. The topological polar surface area (TPSA) is 50.8 Å². The van der Waals surface area contributed by atoms with E-state index in [2.05, 4.69) is 12.2 Å². The number of likely N-dealkylation sites (tertiary alicyclic amines) is 1. The van der Waals surface area contributed by atoms with Crippen LogP contribution in [0.1, 0.15) is 26.7 Å². The molecule has 1 saturated heterocycles. The van der Waals surface area contributed by atoms with E-state index in [9.17, 15) is 4.79 Å². The number of urea groups is 1. The summed E-state index contributed by atoms with van der Waals surface area (Å²) in [5.41, 5.74) is 0. The maximum Gasteiger partial charge on any atom is 0.317 e. The normalized spacial score (nSPS) is 22.6. The molecule has 100 valence electrons. The molecule has 0 aliphatic carbocycles. The van der Waals surface area contributed by atoms with Crippen LogP contribution < -0.4 is 5.32 Å². The summed E-state index contributed by atoms with van der Waals surface area (Å²) in [6.07, 6.45) is 1.89. The van der Waals surface area contributed by atoms with Crippen molar-refractivity contribution in [2.45, 2.75) is 39.0 Å². The lowest BCUT2D eigenvalue weighted by atomic mass is 10.0. The van der Waals surface area contributed by atoms with Gasteiger partial charge in [-0.15, -0.1) is 0 Å². The van der Waals surface area contributed by atoms with Crippen molar-refractivity contribution in [3.63, 3.8) is 0 Å². The molecule has 0 aromatic carbocycles. The Hall–Kier alpha value is -0.810. The first-order valence-corrected chi connectivity index (χ1v) is 6.19. The molecule has 5 heteroatoms. The summed E-state index contributed by atoms with van der Waals surface area (Å²) in [5, 5.41) is 2.91. The molecule has 2 atom stereocenters. The third-order valence-corrected chi connectivity index (χ3v) is 3.17. The zero-order valence-corrected chi connectivity index (χ0v) is 11.2. The number of hydrogen-bond donors (Lipinski definition) is 1. The van der Waals surface area contributed by atoms with E-state index in [1.807, 2.05) is 11.8 Å². The number of carbonyl (C=O) groups excluding carboxylic acids is 1. The van der Waals surface area contributed by atoms with Crippen LogP contribution in [0.25, 0.3) is 0 Å². The van der Waals surface area contributed by atoms with E-state index in [4.69, 9.17) is 9.47 Å². The highest BCUT2D eigenvalue weighted by atomic mass is 16.7. The van der Waals surface area contributed by atoms with Crippen molar-refractivity contribution in [1.29, 1.82) is 0 Å². The second-order valence-electron chi connectivity index (χ2n) is 4.77. The van der Waals surface area contributed by atoms with Gasteiger partial charge in [0.05, 0.1) is 6.04 Å². The highest BCUT2D eigenvalue weighted by Crippen LogP contribution is 2.15. The van der Waals surface area contributed by atoms with Crippen molar-refractivity contribution in [1.82, 2.24) is 10.2 Å². The van der Waals surface area contributed by atoms with Gasteiger partial charge in [0.2, 0.25) is 0 Å². The Labute approximate surface area is 103 Å². The lowest BCUT2D eigenvalue weighted by molar-refractivity contribution is -0.117. The summed E-state index contributed by atoms with van der Waals surface area (Å²) < 4.78 is 10.2. The Morgan fingerprint density at radius 2 is 2.06 bits per heavy atom. The summed E-state index contributed by atoms with van der Waals surface area (Å²) in [6, 6.07) is -0.183. The summed E-state index contributed by atoms with van der Waals surface area (Å²) in [5.74, 6) is 0.588. The van der Waals surface area contributed by atoms with Gasteiger partial charge in [-0.3, -0.25) is 0 Å². The lowest BCUT2D eigenvalue weighted by Gasteiger charge is -2.32. The van der Waals surface area contributed by atoms with Crippen molar-refractivity contribution >= 4 is 6.03 Å². The number of nitrogens with one attached hydrogen (secondary N) is 1. The third kappa shape index (κ3) is 4.16. The fourth-order valence-corrected chi connectivity index (χ4v) is 2.23. The van der Waals surface area contributed by atoms with E-state index in [-0.39, 0.29) is 12.1 Å². The average molecular weight is 244 g/mol. The molecule has 1 heterocycles. The Kier molecular flexibility index (Phi) is 5.71. The van der Waals surface area contributed by atoms with Gasteiger partial charge in [0, 0.05) is 27.3 Å². The fourth-order valence-electron chi connectivity index (χ4n) is 2.23. The molecule has 1 rings (SSSR count). The third-order valence-electron chi connectivity index (χ3n) is 3.17. The monoisotopic (exact) mass is 244 g/mol. The van der Waals surface area contributed by atoms with E-state index in [0.717, 1.165) is 19.5 Å². The van der Waals surface area contributed by atoms with Gasteiger partial charge < -0.3 is 19.7 Å². The number of ether oxygens (including phenoxy) is 2. The van der Waals surface area contributed by atoms with Crippen LogP contribution in [0.4, 0.5) is 4.79 Å². The van der Waals surface area contributed by atoms with Gasteiger partial charge in [0.1, 0.15) is 0 Å². The Balaban J connectivity index is 2.42. The summed E-state index contributed by atoms with van der Waals surface area (Å²) in [6.45, 7) is 5.73. The SMILES string of the molecule is COC(OC)C(C)NC(=O)N1CCCC(C)C1. The number of hydrogen-bond acceptors (Lipinski definition) is 3. The molecule has 1 aliphatic heterocycles. The minimum atomic E-state index is -0.402. The van der Waals surface area contributed by atoms with E-state index >= 15 is 0 Å². The molecule has 5 nitrogen and oxygen atoms in total. The molecular formula is C12H24N2O3. The van der Waals surface area contributed by atoms with Crippen LogP contribution in [0, 0.1) is 5.92 Å². The van der Waals surface area contributed by atoms with Crippen LogP contribution >= 0.6 is 0 Å². The Morgan fingerprint density at radius 1 is 1.41 bits per heavy atom. The Morgan fingerprint density at radius 3 is 2.59 bits per heavy atom. The maximum absolute atomic E-state index is 12.0. The molecule has 0 spiro atoms. The number of piperidine rings is 1. The van der Waals surface area contributed by atoms with Crippen molar-refractivity contribution < 1.29 is 14.3 Å². The summed E-state index contributed by atoms with van der Waals surface area (Å²) in [7, 11) is 3.14. The zero-order chi connectivity index (χ0) is 12.8. The summed E-state index contributed by atoms with van der Waals surface area (Å²) in [4.78, 5) is 13.9. The van der Waals surface area contributed by atoms with E-state index in [1.54, 1.807) is 14.2 Å². The number of rotatable bonds is 4. The van der Waals surface area contributed by atoms with Gasteiger partial charge >= 0.3 is 6.03 Å². The van der Waals surface area contributed by atoms with Gasteiger partial charge in [0.25, 0.3) is 0 Å². The van der Waals surface area contributed by atoms with Gasteiger partial charge in [-0.2, -0.15) is 0 Å². The number of carbonyl (C=O) groups is 1. The van der Waals surface area contributed by atoms with E-state index in [0.29, 0.717) is 5.92 Å². The van der Waals surface area contributed by atoms with Crippen LogP contribution in [0.15, 0.2) is 0 Å². The van der Waals surface area contributed by atoms with Crippen LogP contribution in [0.5, 0.6) is 0 Å². The molecule has 0 aromatic rings. The zero-order valence-electron chi connectivity index (χ0n) is 11.2.